The summed E-state index contributed by atoms with van der Waals surface area (Å²) in [7, 11) is 1.94. The number of aromatic nitrogens is 3. The van der Waals surface area contributed by atoms with Crippen molar-refractivity contribution in [3.8, 4) is 0 Å². The Hall–Kier alpha value is -1.27. The zero-order valence-corrected chi connectivity index (χ0v) is 11.5. The van der Waals surface area contributed by atoms with Crippen molar-refractivity contribution in [3.05, 3.63) is 30.0 Å². The van der Waals surface area contributed by atoms with Crippen molar-refractivity contribution in [3.63, 3.8) is 0 Å². The van der Waals surface area contributed by atoms with E-state index in [-0.39, 0.29) is 0 Å². The van der Waals surface area contributed by atoms with Crippen molar-refractivity contribution in [1.82, 2.24) is 20.1 Å². The first-order chi connectivity index (χ1) is 8.79. The quantitative estimate of drug-likeness (QED) is 0.615. The highest BCUT2D eigenvalue weighted by Crippen LogP contribution is 2.21. The summed E-state index contributed by atoms with van der Waals surface area (Å²) in [6.45, 7) is 3.96. The van der Waals surface area contributed by atoms with Crippen LogP contribution in [0.25, 0.3) is 0 Å². The normalized spacial score (nSPS) is 11.0. The van der Waals surface area contributed by atoms with Crippen molar-refractivity contribution < 1.29 is 4.42 Å². The summed E-state index contributed by atoms with van der Waals surface area (Å²) >= 11 is 1.62. The fourth-order valence-corrected chi connectivity index (χ4v) is 2.30. The van der Waals surface area contributed by atoms with Gasteiger partial charge in [0.25, 0.3) is 0 Å². The van der Waals surface area contributed by atoms with Gasteiger partial charge in [-0.2, -0.15) is 0 Å². The van der Waals surface area contributed by atoms with Crippen LogP contribution in [0.15, 0.2) is 28.0 Å². The van der Waals surface area contributed by atoms with Crippen molar-refractivity contribution >= 4 is 11.8 Å². The summed E-state index contributed by atoms with van der Waals surface area (Å²) in [6.07, 6.45) is 2.83. The minimum absolute atomic E-state index is 0.778. The SMILES string of the molecule is CCCNCc1ccc(CSc2nncn2C)o1. The van der Waals surface area contributed by atoms with Gasteiger partial charge in [-0.25, -0.2) is 0 Å². The van der Waals surface area contributed by atoms with Gasteiger partial charge in [0.1, 0.15) is 17.8 Å². The third-order valence-electron chi connectivity index (χ3n) is 2.46. The molecule has 0 saturated heterocycles. The summed E-state index contributed by atoms with van der Waals surface area (Å²) < 4.78 is 7.63. The predicted molar refractivity (Wildman–Crippen MR) is 71.3 cm³/mol. The van der Waals surface area contributed by atoms with Crippen molar-refractivity contribution in [2.24, 2.45) is 7.05 Å². The number of hydrogen-bond donors (Lipinski definition) is 1. The zero-order valence-electron chi connectivity index (χ0n) is 10.7. The number of furan rings is 1. The number of thioether (sulfide) groups is 1. The maximum absolute atomic E-state index is 5.73. The van der Waals surface area contributed by atoms with Crippen LogP contribution in [0, 0.1) is 0 Å². The van der Waals surface area contributed by atoms with Crippen LogP contribution in [0.3, 0.4) is 0 Å². The topological polar surface area (TPSA) is 55.9 Å². The Bertz CT molecular complexity index is 480. The first-order valence-electron chi connectivity index (χ1n) is 6.04. The molecule has 0 aromatic carbocycles. The molecule has 0 radical (unpaired) electrons. The molecule has 2 rings (SSSR count). The molecule has 5 nitrogen and oxygen atoms in total. The third kappa shape index (κ3) is 3.61. The molecule has 0 atom stereocenters. The van der Waals surface area contributed by atoms with Gasteiger partial charge in [-0.1, -0.05) is 18.7 Å². The maximum atomic E-state index is 5.73. The fourth-order valence-electron chi connectivity index (χ4n) is 1.52. The van der Waals surface area contributed by atoms with Gasteiger partial charge in [0.15, 0.2) is 5.16 Å². The van der Waals surface area contributed by atoms with E-state index in [1.807, 2.05) is 23.7 Å². The molecule has 0 amide bonds. The highest BCUT2D eigenvalue weighted by atomic mass is 32.2. The van der Waals surface area contributed by atoms with Gasteiger partial charge < -0.3 is 14.3 Å². The Labute approximate surface area is 111 Å². The monoisotopic (exact) mass is 266 g/mol. The van der Waals surface area contributed by atoms with Crippen LogP contribution < -0.4 is 5.32 Å². The lowest BCUT2D eigenvalue weighted by molar-refractivity contribution is 0.459. The van der Waals surface area contributed by atoms with E-state index < -0.39 is 0 Å². The molecule has 98 valence electrons. The second-order valence-electron chi connectivity index (χ2n) is 4.06. The molecule has 1 N–H and O–H groups in total. The highest BCUT2D eigenvalue weighted by molar-refractivity contribution is 7.98. The lowest BCUT2D eigenvalue weighted by Gasteiger charge is -2.00. The standard InChI is InChI=1S/C12H18N4OS/c1-3-6-13-7-10-4-5-11(17-10)8-18-12-15-14-9-16(12)2/h4-5,9,13H,3,6-8H2,1-2H3. The average molecular weight is 266 g/mol. The van der Waals surface area contributed by atoms with E-state index >= 15 is 0 Å². The molecule has 0 aliphatic carbocycles. The summed E-state index contributed by atoms with van der Waals surface area (Å²) in [4.78, 5) is 0. The molecule has 2 aromatic rings. The predicted octanol–water partition coefficient (Wildman–Crippen LogP) is 2.20. The number of aryl methyl sites for hydroxylation is 1. The van der Waals surface area contributed by atoms with Crippen LogP contribution >= 0.6 is 11.8 Å². The molecule has 2 aromatic heterocycles. The van der Waals surface area contributed by atoms with Crippen LogP contribution in [-0.4, -0.2) is 21.3 Å². The Morgan fingerprint density at radius 1 is 1.39 bits per heavy atom. The van der Waals surface area contributed by atoms with Gasteiger partial charge in [0, 0.05) is 7.05 Å². The van der Waals surface area contributed by atoms with Crippen LogP contribution in [0.1, 0.15) is 24.9 Å². The fraction of sp³-hybridized carbons (Fsp3) is 0.500. The zero-order chi connectivity index (χ0) is 12.8. The Balaban J connectivity index is 1.81. The average Bonchev–Trinajstić information content (AvgIpc) is 2.96. The van der Waals surface area contributed by atoms with E-state index in [0.29, 0.717) is 0 Å². The van der Waals surface area contributed by atoms with Gasteiger partial charge in [0.2, 0.25) is 0 Å². The molecular formula is C12H18N4OS. The Morgan fingerprint density at radius 3 is 2.94 bits per heavy atom. The highest BCUT2D eigenvalue weighted by Gasteiger charge is 2.05. The lowest BCUT2D eigenvalue weighted by atomic mass is 10.4. The minimum Gasteiger partial charge on any atom is -0.464 e. The van der Waals surface area contributed by atoms with E-state index in [2.05, 4.69) is 22.4 Å². The number of nitrogens with one attached hydrogen (secondary N) is 1. The van der Waals surface area contributed by atoms with Crippen LogP contribution in [0.2, 0.25) is 0 Å². The van der Waals surface area contributed by atoms with Crippen molar-refractivity contribution in [2.75, 3.05) is 6.54 Å². The van der Waals surface area contributed by atoms with Gasteiger partial charge in [-0.05, 0) is 25.1 Å². The number of rotatable bonds is 7. The van der Waals surface area contributed by atoms with Gasteiger partial charge in [-0.15, -0.1) is 10.2 Å². The number of hydrogen-bond acceptors (Lipinski definition) is 5. The molecular weight excluding hydrogens is 248 g/mol. The van der Waals surface area contributed by atoms with Gasteiger partial charge in [0.05, 0.1) is 12.3 Å². The van der Waals surface area contributed by atoms with Crippen molar-refractivity contribution in [2.45, 2.75) is 30.8 Å². The summed E-state index contributed by atoms with van der Waals surface area (Å²) in [5, 5.41) is 12.1. The van der Waals surface area contributed by atoms with E-state index in [0.717, 1.165) is 41.9 Å². The molecule has 0 unspecified atom stereocenters. The second-order valence-corrected chi connectivity index (χ2v) is 5.00. The first-order valence-corrected chi connectivity index (χ1v) is 7.03. The summed E-state index contributed by atoms with van der Waals surface area (Å²) in [5.41, 5.74) is 0. The van der Waals surface area contributed by atoms with Gasteiger partial charge >= 0.3 is 0 Å². The molecule has 0 aliphatic rings. The molecule has 6 heteroatoms. The molecule has 0 saturated carbocycles. The largest absolute Gasteiger partial charge is 0.464 e. The third-order valence-corrected chi connectivity index (χ3v) is 3.51. The van der Waals surface area contributed by atoms with Crippen LogP contribution in [0.4, 0.5) is 0 Å². The molecule has 0 fully saturated rings. The lowest BCUT2D eigenvalue weighted by Crippen LogP contribution is -2.12. The Kier molecular flexibility index (Phi) is 4.83. The van der Waals surface area contributed by atoms with E-state index in [1.165, 1.54) is 0 Å². The Morgan fingerprint density at radius 2 is 2.22 bits per heavy atom. The molecule has 2 heterocycles. The van der Waals surface area contributed by atoms with Crippen molar-refractivity contribution in [1.29, 1.82) is 0 Å². The molecule has 18 heavy (non-hydrogen) atoms. The van der Waals surface area contributed by atoms with E-state index in [4.69, 9.17) is 4.42 Å². The second kappa shape index (κ2) is 6.61. The number of nitrogens with zero attached hydrogens (tertiary/aromatic N) is 3. The van der Waals surface area contributed by atoms with E-state index in [1.54, 1.807) is 18.1 Å². The molecule has 0 aliphatic heterocycles. The van der Waals surface area contributed by atoms with E-state index in [9.17, 15) is 0 Å². The summed E-state index contributed by atoms with van der Waals surface area (Å²) in [6, 6.07) is 4.04. The maximum Gasteiger partial charge on any atom is 0.191 e. The smallest absolute Gasteiger partial charge is 0.191 e. The minimum atomic E-state index is 0.778. The molecule has 0 spiro atoms. The van der Waals surface area contributed by atoms with Crippen LogP contribution in [-0.2, 0) is 19.3 Å². The summed E-state index contributed by atoms with van der Waals surface area (Å²) in [5.74, 6) is 2.73. The van der Waals surface area contributed by atoms with Crippen LogP contribution in [0.5, 0.6) is 0 Å². The van der Waals surface area contributed by atoms with Gasteiger partial charge in [-0.3, -0.25) is 0 Å². The first kappa shape index (κ1) is 13.2. The molecule has 0 bridgehead atoms.